The number of nitrogens with zero attached hydrogens (tertiary/aromatic N) is 1. The minimum absolute atomic E-state index is 0.0834. The Morgan fingerprint density at radius 3 is 2.82 bits per heavy atom. The first-order valence-corrected chi connectivity index (χ1v) is 8.40. The number of hydrogen-bond acceptors (Lipinski definition) is 4. The maximum absolute atomic E-state index is 12.1. The fourth-order valence-corrected chi connectivity index (χ4v) is 3.91. The van der Waals surface area contributed by atoms with E-state index in [1.54, 1.807) is 18.3 Å². The van der Waals surface area contributed by atoms with Crippen LogP contribution in [0.1, 0.15) is 52.6 Å². The third-order valence-corrected chi connectivity index (χ3v) is 5.38. The molecule has 0 fully saturated rings. The standard InChI is InChI=1S/C15H20N4O2S/c1-8-10(14(21)19-18-8)7-13(20)16-9(2)15-17-11-5-3-4-6-12(11)22-15/h9H,3-7H2,1-2H3,(H,16,20)(H2,18,19,21). The zero-order valence-corrected chi connectivity index (χ0v) is 13.6. The van der Waals surface area contributed by atoms with Crippen LogP contribution in [0.3, 0.4) is 0 Å². The molecule has 0 spiro atoms. The highest BCUT2D eigenvalue weighted by Crippen LogP contribution is 2.29. The van der Waals surface area contributed by atoms with Crippen molar-refractivity contribution in [2.75, 3.05) is 0 Å². The summed E-state index contributed by atoms with van der Waals surface area (Å²) in [7, 11) is 0. The molecule has 0 saturated heterocycles. The van der Waals surface area contributed by atoms with E-state index in [1.807, 2.05) is 6.92 Å². The van der Waals surface area contributed by atoms with Gasteiger partial charge in [0.25, 0.3) is 5.56 Å². The lowest BCUT2D eigenvalue weighted by molar-refractivity contribution is -0.121. The number of carbonyl (C=O) groups is 1. The smallest absolute Gasteiger partial charge is 0.267 e. The van der Waals surface area contributed by atoms with Gasteiger partial charge in [0.15, 0.2) is 0 Å². The predicted octanol–water partition coefficient (Wildman–Crippen LogP) is 1.77. The van der Waals surface area contributed by atoms with Crippen molar-refractivity contribution in [2.24, 2.45) is 0 Å². The molecule has 2 heterocycles. The number of thiazole rings is 1. The fraction of sp³-hybridized carbons (Fsp3) is 0.533. The van der Waals surface area contributed by atoms with Crippen molar-refractivity contribution >= 4 is 17.2 Å². The maximum Gasteiger partial charge on any atom is 0.267 e. The molecule has 1 atom stereocenters. The minimum Gasteiger partial charge on any atom is -0.347 e. The largest absolute Gasteiger partial charge is 0.347 e. The van der Waals surface area contributed by atoms with Crippen LogP contribution >= 0.6 is 11.3 Å². The molecule has 6 nitrogen and oxygen atoms in total. The third-order valence-electron chi connectivity index (χ3n) is 4.04. The van der Waals surface area contributed by atoms with Crippen molar-refractivity contribution in [3.05, 3.63) is 37.2 Å². The molecular formula is C15H20N4O2S. The summed E-state index contributed by atoms with van der Waals surface area (Å²) in [6, 6.07) is -0.124. The summed E-state index contributed by atoms with van der Waals surface area (Å²) in [5.74, 6) is -0.158. The summed E-state index contributed by atoms with van der Waals surface area (Å²) < 4.78 is 0. The highest BCUT2D eigenvalue weighted by atomic mass is 32.1. The molecule has 1 aliphatic rings. The molecule has 118 valence electrons. The summed E-state index contributed by atoms with van der Waals surface area (Å²) in [6.07, 6.45) is 4.66. The Balaban J connectivity index is 1.66. The van der Waals surface area contributed by atoms with Crippen molar-refractivity contribution in [1.29, 1.82) is 0 Å². The minimum atomic E-state index is -0.231. The summed E-state index contributed by atoms with van der Waals surface area (Å²) in [4.78, 5) is 29.8. The van der Waals surface area contributed by atoms with Crippen LogP contribution in [0.5, 0.6) is 0 Å². The number of rotatable bonds is 4. The van der Waals surface area contributed by atoms with Crippen LogP contribution in [0.2, 0.25) is 0 Å². The zero-order valence-electron chi connectivity index (χ0n) is 12.8. The second-order valence-corrected chi connectivity index (χ2v) is 6.89. The number of carbonyl (C=O) groups excluding carboxylic acids is 1. The summed E-state index contributed by atoms with van der Waals surface area (Å²) >= 11 is 1.70. The Morgan fingerprint density at radius 1 is 1.36 bits per heavy atom. The van der Waals surface area contributed by atoms with E-state index in [-0.39, 0.29) is 23.9 Å². The monoisotopic (exact) mass is 320 g/mol. The molecule has 1 unspecified atom stereocenters. The first-order chi connectivity index (χ1) is 10.5. The van der Waals surface area contributed by atoms with Crippen molar-refractivity contribution in [3.8, 4) is 0 Å². The summed E-state index contributed by atoms with van der Waals surface area (Å²) in [5, 5.41) is 9.12. The van der Waals surface area contributed by atoms with Crippen LogP contribution in [-0.4, -0.2) is 21.1 Å². The number of nitrogens with one attached hydrogen (secondary N) is 3. The van der Waals surface area contributed by atoms with Gasteiger partial charge in [-0.2, -0.15) is 0 Å². The molecule has 0 aliphatic heterocycles. The van der Waals surface area contributed by atoms with Crippen molar-refractivity contribution in [3.63, 3.8) is 0 Å². The number of fused-ring (bicyclic) bond motifs is 1. The lowest BCUT2D eigenvalue weighted by Crippen LogP contribution is -2.29. The average molecular weight is 320 g/mol. The highest BCUT2D eigenvalue weighted by molar-refractivity contribution is 7.11. The molecule has 3 N–H and O–H groups in total. The van der Waals surface area contributed by atoms with Crippen LogP contribution < -0.4 is 10.9 Å². The van der Waals surface area contributed by atoms with E-state index >= 15 is 0 Å². The van der Waals surface area contributed by atoms with Crippen LogP contribution in [0, 0.1) is 6.92 Å². The number of aromatic amines is 2. The highest BCUT2D eigenvalue weighted by Gasteiger charge is 2.20. The van der Waals surface area contributed by atoms with Gasteiger partial charge in [0, 0.05) is 16.1 Å². The second-order valence-electron chi connectivity index (χ2n) is 5.78. The van der Waals surface area contributed by atoms with Crippen LogP contribution in [0.15, 0.2) is 4.79 Å². The van der Waals surface area contributed by atoms with E-state index in [0.717, 1.165) is 17.8 Å². The molecule has 1 aliphatic carbocycles. The third kappa shape index (κ3) is 2.99. The van der Waals surface area contributed by atoms with Gasteiger partial charge in [0.05, 0.1) is 18.2 Å². The number of aryl methyl sites for hydroxylation is 3. The molecule has 0 bridgehead atoms. The van der Waals surface area contributed by atoms with E-state index < -0.39 is 0 Å². The van der Waals surface area contributed by atoms with Gasteiger partial charge < -0.3 is 10.4 Å². The molecule has 0 aromatic carbocycles. The van der Waals surface area contributed by atoms with E-state index in [9.17, 15) is 9.59 Å². The van der Waals surface area contributed by atoms with Gasteiger partial charge in [-0.1, -0.05) is 0 Å². The number of H-pyrrole nitrogens is 2. The number of amides is 1. The maximum atomic E-state index is 12.1. The molecule has 2 aromatic rings. The first-order valence-electron chi connectivity index (χ1n) is 7.58. The van der Waals surface area contributed by atoms with Crippen LogP contribution in [0.25, 0.3) is 0 Å². The number of aromatic nitrogens is 3. The quantitative estimate of drug-likeness (QED) is 0.802. The SMILES string of the molecule is Cc1[nH][nH]c(=O)c1CC(=O)NC(C)c1nc2c(s1)CCCC2. The molecule has 1 amide bonds. The Kier molecular flexibility index (Phi) is 4.15. The average Bonchev–Trinajstić information content (AvgIpc) is 3.05. The van der Waals surface area contributed by atoms with Crippen molar-refractivity contribution in [2.45, 2.75) is 52.0 Å². The van der Waals surface area contributed by atoms with Gasteiger partial charge in [0.1, 0.15) is 5.01 Å². The molecule has 7 heteroatoms. The van der Waals surface area contributed by atoms with Crippen LogP contribution in [-0.2, 0) is 24.1 Å². The molecule has 0 saturated carbocycles. The van der Waals surface area contributed by atoms with E-state index in [0.29, 0.717) is 11.3 Å². The van der Waals surface area contributed by atoms with Gasteiger partial charge in [-0.05, 0) is 39.5 Å². The van der Waals surface area contributed by atoms with Gasteiger partial charge in [-0.3, -0.25) is 14.7 Å². The van der Waals surface area contributed by atoms with E-state index in [2.05, 4.69) is 20.5 Å². The van der Waals surface area contributed by atoms with Crippen LogP contribution in [0.4, 0.5) is 0 Å². The Bertz CT molecular complexity index is 720. The Hall–Kier alpha value is -1.89. The zero-order chi connectivity index (χ0) is 15.7. The molecule has 2 aromatic heterocycles. The van der Waals surface area contributed by atoms with E-state index in [1.165, 1.54) is 23.4 Å². The number of hydrogen-bond donors (Lipinski definition) is 3. The lowest BCUT2D eigenvalue weighted by Gasteiger charge is -2.10. The summed E-state index contributed by atoms with van der Waals surface area (Å²) in [6.45, 7) is 3.72. The second kappa shape index (κ2) is 6.08. The van der Waals surface area contributed by atoms with Gasteiger partial charge in [-0.25, -0.2) is 4.98 Å². The molecule has 22 heavy (non-hydrogen) atoms. The molecule has 3 rings (SSSR count). The first kappa shape index (κ1) is 15.0. The Morgan fingerprint density at radius 2 is 2.14 bits per heavy atom. The Labute approximate surface area is 132 Å². The fourth-order valence-electron chi connectivity index (χ4n) is 2.76. The molecular weight excluding hydrogens is 300 g/mol. The van der Waals surface area contributed by atoms with Crippen molar-refractivity contribution < 1.29 is 4.79 Å². The molecule has 0 radical (unpaired) electrons. The van der Waals surface area contributed by atoms with E-state index in [4.69, 9.17) is 0 Å². The van der Waals surface area contributed by atoms with Crippen molar-refractivity contribution in [1.82, 2.24) is 20.5 Å². The van der Waals surface area contributed by atoms with Gasteiger partial charge in [-0.15, -0.1) is 11.3 Å². The topological polar surface area (TPSA) is 90.6 Å². The normalized spacial score (nSPS) is 15.4. The van der Waals surface area contributed by atoms with Gasteiger partial charge in [0.2, 0.25) is 5.91 Å². The summed E-state index contributed by atoms with van der Waals surface area (Å²) in [5.41, 5.74) is 2.16. The predicted molar refractivity (Wildman–Crippen MR) is 85.2 cm³/mol. The lowest BCUT2D eigenvalue weighted by atomic mass is 10.0. The van der Waals surface area contributed by atoms with Gasteiger partial charge >= 0.3 is 0 Å².